The van der Waals surface area contributed by atoms with E-state index in [4.69, 9.17) is 5.11 Å². The number of carboxylic acid groups (broad SMARTS) is 1. The number of aromatic nitrogens is 2. The second kappa shape index (κ2) is 4.75. The molecule has 0 aliphatic carbocycles. The van der Waals surface area contributed by atoms with Crippen LogP contribution in [0.4, 0.5) is 5.69 Å². The Labute approximate surface area is 122 Å². The van der Waals surface area contributed by atoms with Gasteiger partial charge in [0.1, 0.15) is 0 Å². The van der Waals surface area contributed by atoms with E-state index in [0.29, 0.717) is 22.5 Å². The van der Waals surface area contributed by atoms with Gasteiger partial charge in [-0.2, -0.15) is 0 Å². The summed E-state index contributed by atoms with van der Waals surface area (Å²) in [5, 5.41) is 11.7. The van der Waals surface area contributed by atoms with Crippen LogP contribution in [0.3, 0.4) is 0 Å². The minimum atomic E-state index is -0.930. The van der Waals surface area contributed by atoms with E-state index in [1.807, 2.05) is 18.2 Å². The van der Waals surface area contributed by atoms with Crippen molar-refractivity contribution >= 4 is 33.5 Å². The number of aliphatic carboxylic acids is 1. The van der Waals surface area contributed by atoms with Crippen LogP contribution in [0, 0.1) is 0 Å². The monoisotopic (exact) mass is 335 g/mol. The lowest BCUT2D eigenvalue weighted by atomic mass is 10.0. The molecule has 20 heavy (non-hydrogen) atoms. The van der Waals surface area contributed by atoms with Gasteiger partial charge in [0, 0.05) is 11.3 Å². The number of halogens is 1. The van der Waals surface area contributed by atoms with Crippen LogP contribution < -0.4 is 5.32 Å². The third-order valence-electron chi connectivity index (χ3n) is 3.08. The third kappa shape index (κ3) is 2.32. The number of aromatic amines is 1. The van der Waals surface area contributed by atoms with Gasteiger partial charge in [-0.3, -0.25) is 9.59 Å². The molecule has 3 N–H and O–H groups in total. The van der Waals surface area contributed by atoms with Crippen LogP contribution in [0.25, 0.3) is 11.3 Å². The number of imidazole rings is 1. The van der Waals surface area contributed by atoms with Crippen molar-refractivity contribution in [2.45, 2.75) is 12.8 Å². The molecule has 1 aromatic carbocycles. The standard InChI is InChI=1S/C13H10BrN3O3/c14-13-16-9(5-11(19)20)12(17-13)6-1-2-8-7(3-6)4-10(18)15-8/h1-3H,4-5H2,(H,15,18)(H,16,17)(H,19,20). The first kappa shape index (κ1) is 12.9. The normalized spacial score (nSPS) is 13.2. The number of fused-ring (bicyclic) bond motifs is 1. The Bertz CT molecular complexity index is 724. The van der Waals surface area contributed by atoms with Crippen LogP contribution in [0.2, 0.25) is 0 Å². The molecule has 2 aromatic rings. The SMILES string of the molecule is O=C(O)Cc1[nH]c(Br)nc1-c1ccc2c(c1)CC(=O)N2. The van der Waals surface area contributed by atoms with Crippen molar-refractivity contribution < 1.29 is 14.7 Å². The van der Waals surface area contributed by atoms with Crippen LogP contribution in [0.5, 0.6) is 0 Å². The molecular formula is C13H10BrN3O3. The van der Waals surface area contributed by atoms with Gasteiger partial charge >= 0.3 is 5.97 Å². The summed E-state index contributed by atoms with van der Waals surface area (Å²) in [5.74, 6) is -0.966. The zero-order valence-corrected chi connectivity index (χ0v) is 11.8. The number of anilines is 1. The minimum Gasteiger partial charge on any atom is -0.481 e. The number of amides is 1. The first-order chi connectivity index (χ1) is 9.52. The predicted molar refractivity (Wildman–Crippen MR) is 75.4 cm³/mol. The number of hydrogen-bond acceptors (Lipinski definition) is 3. The summed E-state index contributed by atoms with van der Waals surface area (Å²) >= 11 is 3.22. The molecule has 0 saturated carbocycles. The molecule has 7 heteroatoms. The molecule has 0 unspecified atom stereocenters. The van der Waals surface area contributed by atoms with Gasteiger partial charge in [0.15, 0.2) is 4.73 Å². The number of nitrogens with zero attached hydrogens (tertiary/aromatic N) is 1. The number of nitrogens with one attached hydrogen (secondary N) is 2. The predicted octanol–water partition coefficient (Wildman–Crippen LogP) is 1.96. The van der Waals surface area contributed by atoms with E-state index in [-0.39, 0.29) is 12.3 Å². The van der Waals surface area contributed by atoms with Crippen molar-refractivity contribution in [3.8, 4) is 11.3 Å². The summed E-state index contributed by atoms with van der Waals surface area (Å²) in [7, 11) is 0. The Morgan fingerprint density at radius 3 is 3.00 bits per heavy atom. The molecule has 2 heterocycles. The first-order valence-corrected chi connectivity index (χ1v) is 6.71. The van der Waals surface area contributed by atoms with Gasteiger partial charge in [0.05, 0.1) is 24.2 Å². The van der Waals surface area contributed by atoms with Crippen molar-refractivity contribution in [2.75, 3.05) is 5.32 Å². The van der Waals surface area contributed by atoms with Crippen LogP contribution in [-0.4, -0.2) is 27.0 Å². The maximum atomic E-state index is 11.3. The molecule has 0 spiro atoms. The fraction of sp³-hybridized carbons (Fsp3) is 0.154. The molecule has 6 nitrogen and oxygen atoms in total. The van der Waals surface area contributed by atoms with Crippen molar-refractivity contribution in [3.63, 3.8) is 0 Å². The lowest BCUT2D eigenvalue weighted by Crippen LogP contribution is -2.03. The highest BCUT2D eigenvalue weighted by Crippen LogP contribution is 2.30. The smallest absolute Gasteiger partial charge is 0.309 e. The summed E-state index contributed by atoms with van der Waals surface area (Å²) in [5.41, 5.74) is 3.60. The first-order valence-electron chi connectivity index (χ1n) is 5.92. The molecular weight excluding hydrogens is 326 g/mol. The lowest BCUT2D eigenvalue weighted by molar-refractivity contribution is -0.136. The Morgan fingerprint density at radius 2 is 2.25 bits per heavy atom. The van der Waals surface area contributed by atoms with Gasteiger partial charge < -0.3 is 15.4 Å². The maximum absolute atomic E-state index is 11.3. The Hall–Kier alpha value is -2.15. The summed E-state index contributed by atoms with van der Waals surface area (Å²) in [6.45, 7) is 0. The van der Waals surface area contributed by atoms with Gasteiger partial charge in [-0.15, -0.1) is 0 Å². The molecule has 1 amide bonds. The number of hydrogen-bond donors (Lipinski definition) is 3. The molecule has 1 aliphatic heterocycles. The summed E-state index contributed by atoms with van der Waals surface area (Å²) in [6.07, 6.45) is 0.200. The fourth-order valence-electron chi connectivity index (χ4n) is 2.27. The van der Waals surface area contributed by atoms with Crippen molar-refractivity contribution in [2.24, 2.45) is 0 Å². The molecule has 0 atom stereocenters. The van der Waals surface area contributed by atoms with Gasteiger partial charge in [-0.05, 0) is 33.6 Å². The van der Waals surface area contributed by atoms with Crippen molar-refractivity contribution in [1.82, 2.24) is 9.97 Å². The largest absolute Gasteiger partial charge is 0.481 e. The highest BCUT2D eigenvalue weighted by atomic mass is 79.9. The highest BCUT2D eigenvalue weighted by Gasteiger charge is 2.20. The average Bonchev–Trinajstić information content (AvgIpc) is 2.89. The number of benzene rings is 1. The topological polar surface area (TPSA) is 95.1 Å². The molecule has 0 radical (unpaired) electrons. The molecule has 1 aromatic heterocycles. The van der Waals surface area contributed by atoms with E-state index in [2.05, 4.69) is 31.2 Å². The van der Waals surface area contributed by atoms with Gasteiger partial charge in [0.2, 0.25) is 5.91 Å². The minimum absolute atomic E-state index is 0.0360. The number of carbonyl (C=O) groups excluding carboxylic acids is 1. The molecule has 0 saturated heterocycles. The Kier molecular flexibility index (Phi) is 3.06. The van der Waals surface area contributed by atoms with Crippen molar-refractivity contribution in [1.29, 1.82) is 0 Å². The fourth-order valence-corrected chi connectivity index (χ4v) is 2.69. The molecule has 1 aliphatic rings. The van der Waals surface area contributed by atoms with E-state index in [0.717, 1.165) is 16.8 Å². The quantitative estimate of drug-likeness (QED) is 0.798. The molecule has 0 bridgehead atoms. The lowest BCUT2D eigenvalue weighted by Gasteiger charge is -2.03. The summed E-state index contributed by atoms with van der Waals surface area (Å²) in [6, 6.07) is 5.49. The van der Waals surface area contributed by atoms with Crippen LogP contribution >= 0.6 is 15.9 Å². The third-order valence-corrected chi connectivity index (χ3v) is 3.46. The maximum Gasteiger partial charge on any atom is 0.309 e. The van der Waals surface area contributed by atoms with Gasteiger partial charge in [-0.25, -0.2) is 4.98 Å². The van der Waals surface area contributed by atoms with E-state index in [9.17, 15) is 9.59 Å². The second-order valence-corrected chi connectivity index (χ2v) is 5.27. The zero-order valence-electron chi connectivity index (χ0n) is 10.2. The van der Waals surface area contributed by atoms with Crippen molar-refractivity contribution in [3.05, 3.63) is 34.2 Å². The molecule has 0 fully saturated rings. The van der Waals surface area contributed by atoms with Gasteiger partial charge in [-0.1, -0.05) is 6.07 Å². The van der Waals surface area contributed by atoms with Crippen LogP contribution in [0.1, 0.15) is 11.3 Å². The number of H-pyrrole nitrogens is 1. The summed E-state index contributed by atoms with van der Waals surface area (Å²) < 4.78 is 0.485. The van der Waals surface area contributed by atoms with Gasteiger partial charge in [0.25, 0.3) is 0 Å². The number of rotatable bonds is 3. The van der Waals surface area contributed by atoms with Crippen LogP contribution in [-0.2, 0) is 22.4 Å². The number of carbonyl (C=O) groups is 2. The molecule has 3 rings (SSSR count). The van der Waals surface area contributed by atoms with E-state index in [1.54, 1.807) is 0 Å². The molecule has 102 valence electrons. The van der Waals surface area contributed by atoms with Crippen LogP contribution in [0.15, 0.2) is 22.9 Å². The van der Waals surface area contributed by atoms with E-state index in [1.165, 1.54) is 0 Å². The van der Waals surface area contributed by atoms with E-state index >= 15 is 0 Å². The Morgan fingerprint density at radius 1 is 1.45 bits per heavy atom. The summed E-state index contributed by atoms with van der Waals surface area (Å²) in [4.78, 5) is 29.4. The second-order valence-electron chi connectivity index (χ2n) is 4.52. The highest BCUT2D eigenvalue weighted by molar-refractivity contribution is 9.10. The zero-order chi connectivity index (χ0) is 14.3. The number of carboxylic acids is 1. The van der Waals surface area contributed by atoms with E-state index < -0.39 is 5.97 Å². The Balaban J connectivity index is 2.03. The average molecular weight is 336 g/mol.